The molecule has 1 fully saturated rings. The number of benzene rings is 1. The lowest BCUT2D eigenvalue weighted by Crippen LogP contribution is -2.49. The van der Waals surface area contributed by atoms with Crippen LogP contribution in [0.2, 0.25) is 5.02 Å². The Kier molecular flexibility index (Phi) is 4.43. The van der Waals surface area contributed by atoms with E-state index in [1.807, 2.05) is 12.1 Å². The molecule has 2 atom stereocenters. The Morgan fingerprint density at radius 1 is 1.53 bits per heavy atom. The Labute approximate surface area is 109 Å². The number of rotatable bonds is 3. The Morgan fingerprint density at radius 3 is 3.06 bits per heavy atom. The molecule has 1 heterocycles. The van der Waals surface area contributed by atoms with Crippen LogP contribution in [0, 0.1) is 0 Å². The van der Waals surface area contributed by atoms with Gasteiger partial charge in [0.15, 0.2) is 0 Å². The largest absolute Gasteiger partial charge is 0.312 e. The van der Waals surface area contributed by atoms with Gasteiger partial charge in [0, 0.05) is 37.2 Å². The maximum atomic E-state index is 6.03. The van der Waals surface area contributed by atoms with Crippen molar-refractivity contribution in [2.24, 2.45) is 0 Å². The maximum absolute atomic E-state index is 6.03. The van der Waals surface area contributed by atoms with Crippen LogP contribution in [-0.2, 0) is 0 Å². The average molecular weight is 253 g/mol. The van der Waals surface area contributed by atoms with Gasteiger partial charge in [0.2, 0.25) is 0 Å². The number of nitrogens with zero attached hydrogens (tertiary/aromatic N) is 1. The summed E-state index contributed by atoms with van der Waals surface area (Å²) in [5, 5.41) is 4.31. The van der Waals surface area contributed by atoms with Crippen molar-refractivity contribution in [1.82, 2.24) is 10.2 Å². The SMILES string of the molecule is CC(CN1CCN[C@@H](C)C1)c1cccc(Cl)c1. The van der Waals surface area contributed by atoms with Gasteiger partial charge in [0.05, 0.1) is 0 Å². The van der Waals surface area contributed by atoms with Crippen molar-refractivity contribution < 1.29 is 0 Å². The van der Waals surface area contributed by atoms with Crippen molar-refractivity contribution in [3.8, 4) is 0 Å². The van der Waals surface area contributed by atoms with Crippen molar-refractivity contribution in [1.29, 1.82) is 0 Å². The van der Waals surface area contributed by atoms with E-state index in [0.29, 0.717) is 12.0 Å². The van der Waals surface area contributed by atoms with Gasteiger partial charge in [-0.1, -0.05) is 30.7 Å². The molecule has 1 unspecified atom stereocenters. The van der Waals surface area contributed by atoms with Gasteiger partial charge in [-0.3, -0.25) is 4.90 Å². The number of halogens is 1. The lowest BCUT2D eigenvalue weighted by molar-refractivity contribution is 0.199. The molecule has 3 heteroatoms. The molecule has 0 spiro atoms. The lowest BCUT2D eigenvalue weighted by Gasteiger charge is -2.33. The zero-order chi connectivity index (χ0) is 12.3. The standard InChI is InChI=1S/C14H21ClN2/c1-11(13-4-3-5-14(15)8-13)9-17-7-6-16-12(2)10-17/h3-5,8,11-12,16H,6-7,9-10H2,1-2H3/t11?,12-/m0/s1. The highest BCUT2D eigenvalue weighted by molar-refractivity contribution is 6.30. The molecule has 1 aromatic carbocycles. The van der Waals surface area contributed by atoms with Crippen molar-refractivity contribution in [3.05, 3.63) is 34.9 Å². The van der Waals surface area contributed by atoms with Crippen molar-refractivity contribution in [2.75, 3.05) is 26.2 Å². The highest BCUT2D eigenvalue weighted by Crippen LogP contribution is 2.20. The van der Waals surface area contributed by atoms with E-state index in [1.165, 1.54) is 5.56 Å². The number of piperazine rings is 1. The molecule has 1 aromatic rings. The fourth-order valence-corrected chi connectivity index (χ4v) is 2.68. The van der Waals surface area contributed by atoms with Gasteiger partial charge >= 0.3 is 0 Å². The molecule has 0 amide bonds. The summed E-state index contributed by atoms with van der Waals surface area (Å²) >= 11 is 6.03. The Hall–Kier alpha value is -0.570. The van der Waals surface area contributed by atoms with Crippen molar-refractivity contribution in [2.45, 2.75) is 25.8 Å². The van der Waals surface area contributed by atoms with Crippen LogP contribution < -0.4 is 5.32 Å². The van der Waals surface area contributed by atoms with Gasteiger partial charge in [-0.2, -0.15) is 0 Å². The summed E-state index contributed by atoms with van der Waals surface area (Å²) in [6.07, 6.45) is 0. The molecule has 17 heavy (non-hydrogen) atoms. The third-order valence-corrected chi connectivity index (χ3v) is 3.64. The molecule has 2 nitrogen and oxygen atoms in total. The van der Waals surface area contributed by atoms with E-state index in [-0.39, 0.29) is 0 Å². The highest BCUT2D eigenvalue weighted by Gasteiger charge is 2.18. The average Bonchev–Trinajstić information content (AvgIpc) is 2.29. The molecule has 2 rings (SSSR count). The minimum Gasteiger partial charge on any atom is -0.312 e. The van der Waals surface area contributed by atoms with Crippen LogP contribution in [0.15, 0.2) is 24.3 Å². The number of hydrogen-bond donors (Lipinski definition) is 1. The van der Waals surface area contributed by atoms with Crippen LogP contribution >= 0.6 is 11.6 Å². The van der Waals surface area contributed by atoms with Crippen LogP contribution in [0.25, 0.3) is 0 Å². The second-order valence-corrected chi connectivity index (χ2v) is 5.51. The quantitative estimate of drug-likeness (QED) is 0.890. The summed E-state index contributed by atoms with van der Waals surface area (Å²) < 4.78 is 0. The first-order valence-electron chi connectivity index (χ1n) is 6.36. The van der Waals surface area contributed by atoms with E-state index in [0.717, 1.165) is 31.2 Å². The second kappa shape index (κ2) is 5.85. The second-order valence-electron chi connectivity index (χ2n) is 5.07. The Balaban J connectivity index is 1.94. The minimum absolute atomic E-state index is 0.541. The fraction of sp³-hybridized carbons (Fsp3) is 0.571. The number of nitrogens with one attached hydrogen (secondary N) is 1. The number of hydrogen-bond acceptors (Lipinski definition) is 2. The Bertz CT molecular complexity index is 367. The highest BCUT2D eigenvalue weighted by atomic mass is 35.5. The summed E-state index contributed by atoms with van der Waals surface area (Å²) in [5.74, 6) is 0.541. The van der Waals surface area contributed by atoms with E-state index in [4.69, 9.17) is 11.6 Å². The molecule has 0 saturated carbocycles. The molecule has 0 aromatic heterocycles. The van der Waals surface area contributed by atoms with Gasteiger partial charge in [0.25, 0.3) is 0 Å². The van der Waals surface area contributed by atoms with Gasteiger partial charge in [-0.15, -0.1) is 0 Å². The van der Waals surface area contributed by atoms with Crippen LogP contribution in [0.4, 0.5) is 0 Å². The van der Waals surface area contributed by atoms with Crippen molar-refractivity contribution >= 4 is 11.6 Å². The molecule has 94 valence electrons. The van der Waals surface area contributed by atoms with Gasteiger partial charge in [0.1, 0.15) is 0 Å². The summed E-state index contributed by atoms with van der Waals surface area (Å²) in [6, 6.07) is 8.83. The van der Waals surface area contributed by atoms with E-state index < -0.39 is 0 Å². The van der Waals surface area contributed by atoms with E-state index in [1.54, 1.807) is 0 Å². The normalized spacial score (nSPS) is 23.6. The molecule has 1 aliphatic heterocycles. The Morgan fingerprint density at radius 2 is 2.35 bits per heavy atom. The third-order valence-electron chi connectivity index (χ3n) is 3.40. The molecule has 0 aliphatic carbocycles. The van der Waals surface area contributed by atoms with Crippen LogP contribution in [0.3, 0.4) is 0 Å². The smallest absolute Gasteiger partial charge is 0.0408 e. The zero-order valence-electron chi connectivity index (χ0n) is 10.6. The van der Waals surface area contributed by atoms with E-state index in [2.05, 4.69) is 36.2 Å². The summed E-state index contributed by atoms with van der Waals surface area (Å²) in [4.78, 5) is 2.53. The van der Waals surface area contributed by atoms with Gasteiger partial charge in [-0.05, 0) is 30.5 Å². The van der Waals surface area contributed by atoms with Gasteiger partial charge < -0.3 is 5.32 Å². The first-order chi connectivity index (χ1) is 8.15. The summed E-state index contributed by atoms with van der Waals surface area (Å²) in [5.41, 5.74) is 1.34. The fourth-order valence-electron chi connectivity index (χ4n) is 2.48. The molecule has 0 bridgehead atoms. The molecule has 1 aliphatic rings. The van der Waals surface area contributed by atoms with E-state index >= 15 is 0 Å². The van der Waals surface area contributed by atoms with E-state index in [9.17, 15) is 0 Å². The van der Waals surface area contributed by atoms with Crippen LogP contribution in [0.1, 0.15) is 25.3 Å². The third kappa shape index (κ3) is 3.70. The first kappa shape index (κ1) is 12.9. The first-order valence-corrected chi connectivity index (χ1v) is 6.74. The van der Waals surface area contributed by atoms with Crippen molar-refractivity contribution in [3.63, 3.8) is 0 Å². The van der Waals surface area contributed by atoms with Crippen LogP contribution in [-0.4, -0.2) is 37.1 Å². The molecule has 0 radical (unpaired) electrons. The minimum atomic E-state index is 0.541. The summed E-state index contributed by atoms with van der Waals surface area (Å²) in [6.45, 7) is 9.03. The lowest BCUT2D eigenvalue weighted by atomic mass is 10.00. The zero-order valence-corrected chi connectivity index (χ0v) is 11.4. The molecule has 1 saturated heterocycles. The molecular formula is C14H21ClN2. The molecular weight excluding hydrogens is 232 g/mol. The predicted octanol–water partition coefficient (Wildman–Crippen LogP) is 2.74. The van der Waals surface area contributed by atoms with Gasteiger partial charge in [-0.25, -0.2) is 0 Å². The molecule has 1 N–H and O–H groups in total. The monoisotopic (exact) mass is 252 g/mol. The maximum Gasteiger partial charge on any atom is 0.0408 e. The summed E-state index contributed by atoms with van der Waals surface area (Å²) in [7, 11) is 0. The van der Waals surface area contributed by atoms with Crippen LogP contribution in [0.5, 0.6) is 0 Å². The topological polar surface area (TPSA) is 15.3 Å². The predicted molar refractivity (Wildman–Crippen MR) is 73.8 cm³/mol.